The second kappa shape index (κ2) is 8.77. The maximum atomic E-state index is 12.5. The SMILES string of the molecule is C[C@@H](NC(=O)[C@H]1OCC[C@H]1NC(=O)OCC1c2ccccc2-c2ccccc21)C(=O)O. The predicted octanol–water partition coefficient (Wildman–Crippen LogP) is 2.27. The molecule has 4 rings (SSSR count). The second-order valence-electron chi connectivity index (χ2n) is 7.72. The largest absolute Gasteiger partial charge is 0.480 e. The molecule has 2 aliphatic rings. The van der Waals surface area contributed by atoms with Crippen LogP contribution in [-0.2, 0) is 19.1 Å². The molecule has 8 heteroatoms. The van der Waals surface area contributed by atoms with Gasteiger partial charge in [0.15, 0.2) is 6.10 Å². The van der Waals surface area contributed by atoms with Crippen LogP contribution in [0.25, 0.3) is 11.1 Å². The number of amides is 2. The lowest BCUT2D eigenvalue weighted by Crippen LogP contribution is -2.51. The summed E-state index contributed by atoms with van der Waals surface area (Å²) in [6.45, 7) is 1.82. The van der Waals surface area contributed by atoms with Gasteiger partial charge in [-0.2, -0.15) is 0 Å². The summed E-state index contributed by atoms with van der Waals surface area (Å²) >= 11 is 0. The molecule has 1 fully saturated rings. The van der Waals surface area contributed by atoms with Gasteiger partial charge in [-0.1, -0.05) is 48.5 Å². The van der Waals surface area contributed by atoms with Gasteiger partial charge in [-0.05, 0) is 35.6 Å². The molecule has 0 aromatic heterocycles. The molecule has 0 unspecified atom stereocenters. The van der Waals surface area contributed by atoms with Gasteiger partial charge in [0.25, 0.3) is 5.91 Å². The topological polar surface area (TPSA) is 114 Å². The first kappa shape index (κ1) is 20.9. The lowest BCUT2D eigenvalue weighted by molar-refractivity contribution is -0.143. The number of hydrogen-bond acceptors (Lipinski definition) is 5. The van der Waals surface area contributed by atoms with Crippen LogP contribution < -0.4 is 10.6 Å². The zero-order valence-electron chi connectivity index (χ0n) is 17.0. The second-order valence-corrected chi connectivity index (χ2v) is 7.72. The molecule has 1 aliphatic heterocycles. The molecule has 0 bridgehead atoms. The molecule has 1 heterocycles. The lowest BCUT2D eigenvalue weighted by Gasteiger charge is -2.21. The molecule has 1 saturated heterocycles. The average Bonchev–Trinajstić information content (AvgIpc) is 3.34. The highest BCUT2D eigenvalue weighted by atomic mass is 16.6. The van der Waals surface area contributed by atoms with Crippen molar-refractivity contribution in [3.05, 3.63) is 59.7 Å². The predicted molar refractivity (Wildman–Crippen MR) is 112 cm³/mol. The van der Waals surface area contributed by atoms with Gasteiger partial charge in [0.2, 0.25) is 0 Å². The minimum absolute atomic E-state index is 0.0616. The third-order valence-corrected chi connectivity index (χ3v) is 5.73. The Morgan fingerprint density at radius 2 is 1.71 bits per heavy atom. The van der Waals surface area contributed by atoms with E-state index in [9.17, 15) is 14.4 Å². The van der Waals surface area contributed by atoms with Crippen molar-refractivity contribution in [1.29, 1.82) is 0 Å². The number of ether oxygens (including phenoxy) is 2. The number of carboxylic acid groups (broad SMARTS) is 1. The van der Waals surface area contributed by atoms with Crippen LogP contribution in [0.4, 0.5) is 4.79 Å². The first-order chi connectivity index (χ1) is 15.0. The Hall–Kier alpha value is -3.39. The number of carbonyl (C=O) groups is 3. The fourth-order valence-corrected chi connectivity index (χ4v) is 4.14. The third-order valence-electron chi connectivity index (χ3n) is 5.73. The summed E-state index contributed by atoms with van der Waals surface area (Å²) in [6.07, 6.45) is -1.16. The van der Waals surface area contributed by atoms with E-state index in [4.69, 9.17) is 14.6 Å². The molecule has 2 aromatic rings. The number of alkyl carbamates (subject to hydrolysis) is 1. The smallest absolute Gasteiger partial charge is 0.407 e. The molecule has 3 N–H and O–H groups in total. The molecule has 3 atom stereocenters. The van der Waals surface area contributed by atoms with Crippen molar-refractivity contribution in [2.45, 2.75) is 37.5 Å². The molecule has 1 aliphatic carbocycles. The van der Waals surface area contributed by atoms with Gasteiger partial charge in [-0.3, -0.25) is 9.59 Å². The van der Waals surface area contributed by atoms with Crippen LogP contribution in [0.3, 0.4) is 0 Å². The number of benzene rings is 2. The minimum Gasteiger partial charge on any atom is -0.480 e. The van der Waals surface area contributed by atoms with Crippen molar-refractivity contribution in [3.8, 4) is 11.1 Å². The summed E-state index contributed by atoms with van der Waals surface area (Å²) < 4.78 is 10.9. The van der Waals surface area contributed by atoms with Gasteiger partial charge in [0.1, 0.15) is 12.6 Å². The normalized spacial score (nSPS) is 20.4. The zero-order chi connectivity index (χ0) is 22.0. The number of rotatable bonds is 6. The highest BCUT2D eigenvalue weighted by Gasteiger charge is 2.37. The summed E-state index contributed by atoms with van der Waals surface area (Å²) in [7, 11) is 0. The molecule has 0 radical (unpaired) electrons. The van der Waals surface area contributed by atoms with Crippen molar-refractivity contribution in [1.82, 2.24) is 10.6 Å². The number of hydrogen-bond donors (Lipinski definition) is 3. The fraction of sp³-hybridized carbons (Fsp3) is 0.348. The first-order valence-corrected chi connectivity index (χ1v) is 10.2. The van der Waals surface area contributed by atoms with Crippen LogP contribution in [-0.4, -0.2) is 54.5 Å². The summed E-state index contributed by atoms with van der Waals surface area (Å²) in [5.41, 5.74) is 4.50. The molecular weight excluding hydrogens is 400 g/mol. The maximum Gasteiger partial charge on any atom is 0.407 e. The highest BCUT2D eigenvalue weighted by Crippen LogP contribution is 2.44. The molecule has 2 amide bonds. The van der Waals surface area contributed by atoms with E-state index in [-0.39, 0.29) is 19.1 Å². The monoisotopic (exact) mass is 424 g/mol. The van der Waals surface area contributed by atoms with Gasteiger partial charge in [0.05, 0.1) is 6.04 Å². The van der Waals surface area contributed by atoms with Gasteiger partial charge in [-0.25, -0.2) is 4.79 Å². The Balaban J connectivity index is 1.37. The van der Waals surface area contributed by atoms with Crippen LogP contribution in [0.15, 0.2) is 48.5 Å². The molecule has 0 spiro atoms. The number of carbonyl (C=O) groups excluding carboxylic acids is 2. The van der Waals surface area contributed by atoms with E-state index in [2.05, 4.69) is 22.8 Å². The van der Waals surface area contributed by atoms with Crippen LogP contribution in [0.2, 0.25) is 0 Å². The quantitative estimate of drug-likeness (QED) is 0.656. The number of fused-ring (bicyclic) bond motifs is 3. The van der Waals surface area contributed by atoms with Crippen LogP contribution >= 0.6 is 0 Å². The van der Waals surface area contributed by atoms with Crippen molar-refractivity contribution >= 4 is 18.0 Å². The Morgan fingerprint density at radius 3 is 2.32 bits per heavy atom. The molecule has 162 valence electrons. The van der Waals surface area contributed by atoms with Crippen LogP contribution in [0, 0.1) is 0 Å². The molecular formula is C23H24N2O6. The van der Waals surface area contributed by atoms with E-state index in [1.807, 2.05) is 36.4 Å². The summed E-state index contributed by atoms with van der Waals surface area (Å²) in [4.78, 5) is 35.7. The summed E-state index contributed by atoms with van der Waals surface area (Å²) in [5.74, 6) is -1.78. The van der Waals surface area contributed by atoms with Gasteiger partial charge >= 0.3 is 12.1 Å². The van der Waals surface area contributed by atoms with E-state index in [1.165, 1.54) is 6.92 Å². The standard InChI is InChI=1S/C23H24N2O6/c1-13(22(27)28)24-21(26)20-19(10-11-30-20)25-23(29)31-12-18-16-8-4-2-6-14(16)15-7-3-5-9-17(15)18/h2-9,13,18-20H,10-12H2,1H3,(H,24,26)(H,25,29)(H,27,28)/t13-,19-,20+/m1/s1. The maximum absolute atomic E-state index is 12.5. The van der Waals surface area contributed by atoms with E-state index < -0.39 is 36.2 Å². The van der Waals surface area contributed by atoms with E-state index in [1.54, 1.807) is 0 Å². The summed E-state index contributed by atoms with van der Waals surface area (Å²) in [6, 6.07) is 14.5. The Bertz CT molecular complexity index is 962. The fourth-order valence-electron chi connectivity index (χ4n) is 4.14. The van der Waals surface area contributed by atoms with Gasteiger partial charge in [-0.15, -0.1) is 0 Å². The van der Waals surface area contributed by atoms with Crippen LogP contribution in [0.5, 0.6) is 0 Å². The zero-order valence-corrected chi connectivity index (χ0v) is 17.0. The van der Waals surface area contributed by atoms with E-state index in [0.29, 0.717) is 6.42 Å². The first-order valence-electron chi connectivity index (χ1n) is 10.2. The molecule has 2 aromatic carbocycles. The number of carboxylic acids is 1. The minimum atomic E-state index is -1.15. The summed E-state index contributed by atoms with van der Waals surface area (Å²) in [5, 5.41) is 14.0. The van der Waals surface area contributed by atoms with E-state index in [0.717, 1.165) is 22.3 Å². The molecule has 0 saturated carbocycles. The van der Waals surface area contributed by atoms with Crippen molar-refractivity contribution < 1.29 is 29.0 Å². The van der Waals surface area contributed by atoms with Crippen LogP contribution in [0.1, 0.15) is 30.4 Å². The van der Waals surface area contributed by atoms with Crippen molar-refractivity contribution in [2.75, 3.05) is 13.2 Å². The Labute approximate surface area is 179 Å². The van der Waals surface area contributed by atoms with Crippen molar-refractivity contribution in [2.24, 2.45) is 0 Å². The lowest BCUT2D eigenvalue weighted by atomic mass is 9.98. The highest BCUT2D eigenvalue weighted by molar-refractivity contribution is 5.87. The Morgan fingerprint density at radius 1 is 1.10 bits per heavy atom. The molecule has 8 nitrogen and oxygen atoms in total. The molecule has 31 heavy (non-hydrogen) atoms. The van der Waals surface area contributed by atoms with E-state index >= 15 is 0 Å². The number of nitrogens with one attached hydrogen (secondary N) is 2. The number of aliphatic carboxylic acids is 1. The average molecular weight is 424 g/mol. The van der Waals surface area contributed by atoms with Gasteiger partial charge < -0.3 is 25.2 Å². The van der Waals surface area contributed by atoms with Gasteiger partial charge in [0, 0.05) is 12.5 Å². The van der Waals surface area contributed by atoms with Crippen molar-refractivity contribution in [3.63, 3.8) is 0 Å². The Kier molecular flexibility index (Phi) is 5.90. The third kappa shape index (κ3) is 4.25.